The van der Waals surface area contributed by atoms with E-state index in [9.17, 15) is 0 Å². The molecule has 1 aromatic rings. The number of aryl methyl sites for hydroxylation is 1. The number of hydrogen-bond donors (Lipinski definition) is 0. The fraction of sp³-hybridized carbons (Fsp3) is 0.538. The standard InChI is InChI=1S/C13H20OSi/c1-4-15-14-13(2,3)11-10-12-8-6-5-7-9-12/h5-9H,4,10-11H2,1-3H3. The van der Waals surface area contributed by atoms with Gasteiger partial charge in [-0.25, -0.2) is 0 Å². The van der Waals surface area contributed by atoms with E-state index in [0.717, 1.165) is 18.9 Å². The molecule has 15 heavy (non-hydrogen) atoms. The van der Waals surface area contributed by atoms with E-state index in [1.165, 1.54) is 5.56 Å². The Morgan fingerprint density at radius 3 is 2.47 bits per heavy atom. The van der Waals surface area contributed by atoms with Crippen molar-refractivity contribution in [3.8, 4) is 0 Å². The molecule has 0 bridgehead atoms. The lowest BCUT2D eigenvalue weighted by atomic mass is 9.99. The highest BCUT2D eigenvalue weighted by molar-refractivity contribution is 6.27. The quantitative estimate of drug-likeness (QED) is 0.667. The average molecular weight is 220 g/mol. The lowest BCUT2D eigenvalue weighted by molar-refractivity contribution is 0.106. The summed E-state index contributed by atoms with van der Waals surface area (Å²) in [6, 6.07) is 11.7. The van der Waals surface area contributed by atoms with Gasteiger partial charge < -0.3 is 4.43 Å². The molecule has 0 saturated heterocycles. The second kappa shape index (κ2) is 6.08. The predicted octanol–water partition coefficient (Wildman–Crippen LogP) is 3.47. The van der Waals surface area contributed by atoms with Crippen LogP contribution in [0, 0.1) is 0 Å². The zero-order valence-corrected chi connectivity index (χ0v) is 10.9. The highest BCUT2D eigenvalue weighted by Crippen LogP contribution is 2.17. The van der Waals surface area contributed by atoms with Gasteiger partial charge in [-0.05, 0) is 38.3 Å². The third kappa shape index (κ3) is 5.14. The summed E-state index contributed by atoms with van der Waals surface area (Å²) in [4.78, 5) is 0. The maximum absolute atomic E-state index is 5.83. The molecule has 0 saturated carbocycles. The van der Waals surface area contributed by atoms with Crippen LogP contribution >= 0.6 is 0 Å². The van der Waals surface area contributed by atoms with Crippen LogP contribution in [0.5, 0.6) is 0 Å². The monoisotopic (exact) mass is 220 g/mol. The van der Waals surface area contributed by atoms with Crippen LogP contribution in [0.4, 0.5) is 0 Å². The average Bonchev–Trinajstić information content (AvgIpc) is 2.25. The smallest absolute Gasteiger partial charge is 0.230 e. The highest BCUT2D eigenvalue weighted by Gasteiger charge is 2.17. The largest absolute Gasteiger partial charge is 0.413 e. The molecule has 0 aliphatic rings. The van der Waals surface area contributed by atoms with Crippen molar-refractivity contribution in [2.24, 2.45) is 0 Å². The summed E-state index contributed by atoms with van der Waals surface area (Å²) in [5, 5.41) is 0. The van der Waals surface area contributed by atoms with Gasteiger partial charge >= 0.3 is 0 Å². The maximum Gasteiger partial charge on any atom is 0.230 e. The number of benzene rings is 1. The minimum absolute atomic E-state index is 0.0182. The Morgan fingerprint density at radius 1 is 1.20 bits per heavy atom. The van der Waals surface area contributed by atoms with Gasteiger partial charge in [0.1, 0.15) is 0 Å². The van der Waals surface area contributed by atoms with E-state index in [1.807, 2.05) is 0 Å². The van der Waals surface area contributed by atoms with E-state index in [-0.39, 0.29) is 5.60 Å². The molecule has 2 heteroatoms. The zero-order valence-electron chi connectivity index (χ0n) is 9.92. The van der Waals surface area contributed by atoms with Gasteiger partial charge in [-0.2, -0.15) is 0 Å². The van der Waals surface area contributed by atoms with Crippen LogP contribution in [-0.2, 0) is 10.8 Å². The first-order valence-electron chi connectivity index (χ1n) is 5.59. The molecule has 1 aromatic carbocycles. The molecule has 0 aliphatic carbocycles. The SMILES string of the molecule is CC[Si]OC(C)(C)CCc1ccccc1. The summed E-state index contributed by atoms with van der Waals surface area (Å²) in [6.45, 7) is 6.52. The van der Waals surface area contributed by atoms with Gasteiger partial charge in [0.25, 0.3) is 0 Å². The molecule has 0 aliphatic heterocycles. The van der Waals surface area contributed by atoms with Gasteiger partial charge in [0, 0.05) is 0 Å². The van der Waals surface area contributed by atoms with E-state index in [2.05, 4.69) is 51.1 Å². The van der Waals surface area contributed by atoms with Gasteiger partial charge in [-0.3, -0.25) is 0 Å². The van der Waals surface area contributed by atoms with Crippen LogP contribution in [0.3, 0.4) is 0 Å². The molecule has 0 N–H and O–H groups in total. The summed E-state index contributed by atoms with van der Waals surface area (Å²) in [6.07, 6.45) is 2.19. The first kappa shape index (κ1) is 12.5. The van der Waals surface area contributed by atoms with Crippen molar-refractivity contribution in [3.63, 3.8) is 0 Å². The predicted molar refractivity (Wildman–Crippen MR) is 66.2 cm³/mol. The third-order valence-corrected chi connectivity index (χ3v) is 3.34. The van der Waals surface area contributed by atoms with Crippen molar-refractivity contribution in [1.29, 1.82) is 0 Å². The van der Waals surface area contributed by atoms with E-state index in [4.69, 9.17) is 4.43 Å². The topological polar surface area (TPSA) is 9.23 Å². The minimum atomic E-state index is 0.0182. The Kier molecular flexibility index (Phi) is 5.06. The molecule has 1 nitrogen and oxygen atoms in total. The fourth-order valence-corrected chi connectivity index (χ4v) is 2.05. The van der Waals surface area contributed by atoms with Crippen molar-refractivity contribution in [2.45, 2.75) is 45.3 Å². The zero-order chi connectivity index (χ0) is 11.1. The Morgan fingerprint density at radius 2 is 1.87 bits per heavy atom. The Balaban J connectivity index is 2.35. The summed E-state index contributed by atoms with van der Waals surface area (Å²) < 4.78 is 5.83. The van der Waals surface area contributed by atoms with Gasteiger partial charge in [-0.1, -0.05) is 37.3 Å². The number of rotatable bonds is 6. The Hall–Kier alpha value is -0.603. The van der Waals surface area contributed by atoms with E-state index >= 15 is 0 Å². The van der Waals surface area contributed by atoms with Crippen molar-refractivity contribution in [3.05, 3.63) is 35.9 Å². The van der Waals surface area contributed by atoms with Gasteiger partial charge in [0.15, 0.2) is 0 Å². The second-order valence-electron chi connectivity index (χ2n) is 4.35. The highest BCUT2D eigenvalue weighted by atomic mass is 28.2. The molecular weight excluding hydrogens is 200 g/mol. The van der Waals surface area contributed by atoms with Crippen LogP contribution in [0.25, 0.3) is 0 Å². The first-order chi connectivity index (χ1) is 7.14. The fourth-order valence-electron chi connectivity index (χ4n) is 1.41. The summed E-state index contributed by atoms with van der Waals surface area (Å²) in [5.74, 6) is 0. The molecule has 0 heterocycles. The normalized spacial score (nSPS) is 11.7. The van der Waals surface area contributed by atoms with E-state index in [0.29, 0.717) is 9.76 Å². The van der Waals surface area contributed by atoms with Gasteiger partial charge in [-0.15, -0.1) is 0 Å². The molecule has 0 amide bonds. The van der Waals surface area contributed by atoms with Crippen LogP contribution in [-0.4, -0.2) is 15.4 Å². The number of hydrogen-bond acceptors (Lipinski definition) is 1. The first-order valence-corrected chi connectivity index (χ1v) is 6.70. The molecule has 1 rings (SSSR count). The van der Waals surface area contributed by atoms with Crippen LogP contribution in [0.2, 0.25) is 6.04 Å². The molecule has 82 valence electrons. The van der Waals surface area contributed by atoms with Crippen LogP contribution < -0.4 is 0 Å². The van der Waals surface area contributed by atoms with Crippen molar-refractivity contribution in [2.75, 3.05) is 0 Å². The Bertz CT molecular complexity index is 269. The molecule has 0 fully saturated rings. The molecule has 0 atom stereocenters. The van der Waals surface area contributed by atoms with E-state index < -0.39 is 0 Å². The van der Waals surface area contributed by atoms with Crippen LogP contribution in [0.1, 0.15) is 32.8 Å². The molecule has 2 radical (unpaired) electrons. The minimum Gasteiger partial charge on any atom is -0.413 e. The lowest BCUT2D eigenvalue weighted by Crippen LogP contribution is -2.26. The van der Waals surface area contributed by atoms with Crippen molar-refractivity contribution >= 4 is 9.76 Å². The van der Waals surface area contributed by atoms with Gasteiger partial charge in [0.2, 0.25) is 9.76 Å². The maximum atomic E-state index is 5.83. The molecular formula is C13H20OSi. The summed E-state index contributed by atoms with van der Waals surface area (Å²) in [7, 11) is 0.634. The summed E-state index contributed by atoms with van der Waals surface area (Å²) >= 11 is 0. The molecule has 0 spiro atoms. The van der Waals surface area contributed by atoms with Crippen molar-refractivity contribution in [1.82, 2.24) is 0 Å². The van der Waals surface area contributed by atoms with Crippen molar-refractivity contribution < 1.29 is 4.43 Å². The molecule has 0 unspecified atom stereocenters. The lowest BCUT2D eigenvalue weighted by Gasteiger charge is -2.25. The van der Waals surface area contributed by atoms with Gasteiger partial charge in [0.05, 0.1) is 5.60 Å². The molecule has 0 aromatic heterocycles. The third-order valence-electron chi connectivity index (χ3n) is 2.35. The van der Waals surface area contributed by atoms with E-state index in [1.54, 1.807) is 0 Å². The second-order valence-corrected chi connectivity index (χ2v) is 5.55. The summed E-state index contributed by atoms with van der Waals surface area (Å²) in [5.41, 5.74) is 1.42. The Labute approximate surface area is 95.8 Å². The van der Waals surface area contributed by atoms with Crippen LogP contribution in [0.15, 0.2) is 30.3 Å².